The lowest BCUT2D eigenvalue weighted by molar-refractivity contribution is -0.137. The Labute approximate surface area is 164 Å². The van der Waals surface area contributed by atoms with Crippen molar-refractivity contribution in [3.8, 4) is 10.7 Å². The molecule has 0 radical (unpaired) electrons. The van der Waals surface area contributed by atoms with Crippen LogP contribution in [0.25, 0.3) is 20.9 Å². The largest absolute Gasteiger partial charge is 0.468 e. The summed E-state index contributed by atoms with van der Waals surface area (Å²) in [4.78, 5) is 17.6. The van der Waals surface area contributed by atoms with Crippen LogP contribution in [0.3, 0.4) is 0 Å². The van der Waals surface area contributed by atoms with E-state index < -0.39 is 0 Å². The van der Waals surface area contributed by atoms with Crippen molar-refractivity contribution in [2.24, 2.45) is 0 Å². The first-order chi connectivity index (χ1) is 13.2. The monoisotopic (exact) mass is 405 g/mol. The highest BCUT2D eigenvalue weighted by atomic mass is 32.2. The highest BCUT2D eigenvalue weighted by Gasteiger charge is 2.25. The van der Waals surface area contributed by atoms with E-state index in [0.29, 0.717) is 23.2 Å². The maximum Gasteiger partial charge on any atom is 0.316 e. The van der Waals surface area contributed by atoms with Gasteiger partial charge >= 0.3 is 5.97 Å². The first-order valence-electron chi connectivity index (χ1n) is 8.55. The number of anilines is 1. The van der Waals surface area contributed by atoms with Gasteiger partial charge < -0.3 is 15.2 Å². The second-order valence-corrected chi connectivity index (χ2v) is 8.06. The highest BCUT2D eigenvalue weighted by Crippen LogP contribution is 2.40. The van der Waals surface area contributed by atoms with Crippen molar-refractivity contribution in [2.45, 2.75) is 30.6 Å². The molecule has 0 spiro atoms. The number of fused-ring (bicyclic) bond motifs is 1. The van der Waals surface area contributed by atoms with Crippen molar-refractivity contribution in [1.82, 2.24) is 19.7 Å². The average molecular weight is 406 g/mol. The molecule has 4 rings (SSSR count). The molecular weight excluding hydrogens is 386 g/mol. The Morgan fingerprint density at radius 3 is 3.15 bits per heavy atom. The van der Waals surface area contributed by atoms with Crippen molar-refractivity contribution in [3.05, 3.63) is 18.3 Å². The highest BCUT2D eigenvalue weighted by molar-refractivity contribution is 7.99. The summed E-state index contributed by atoms with van der Waals surface area (Å²) in [5, 5.41) is 10.2. The van der Waals surface area contributed by atoms with E-state index in [2.05, 4.69) is 15.2 Å². The number of carbonyl (C=O) groups is 1. The lowest BCUT2D eigenvalue weighted by Crippen LogP contribution is -2.17. The zero-order valence-corrected chi connectivity index (χ0v) is 16.4. The van der Waals surface area contributed by atoms with Crippen LogP contribution in [0.1, 0.15) is 12.8 Å². The molecule has 1 unspecified atom stereocenters. The molecule has 0 saturated carbocycles. The fraction of sp³-hybridized carbons (Fsp3) is 0.412. The smallest absolute Gasteiger partial charge is 0.316 e. The molecule has 0 amide bonds. The summed E-state index contributed by atoms with van der Waals surface area (Å²) in [6.07, 6.45) is 3.88. The number of hydrogen-bond donors (Lipinski definition) is 1. The van der Waals surface area contributed by atoms with Crippen molar-refractivity contribution in [2.75, 3.05) is 25.2 Å². The van der Waals surface area contributed by atoms with Crippen LogP contribution in [-0.4, -0.2) is 51.3 Å². The fourth-order valence-electron chi connectivity index (χ4n) is 3.02. The van der Waals surface area contributed by atoms with Crippen LogP contribution >= 0.6 is 23.1 Å². The third-order valence-electron chi connectivity index (χ3n) is 4.38. The molecule has 1 aliphatic rings. The maximum absolute atomic E-state index is 11.5. The Kier molecular flexibility index (Phi) is 5.28. The molecular formula is C17H19N5O3S2. The Morgan fingerprint density at radius 2 is 2.41 bits per heavy atom. The second-order valence-electron chi connectivity index (χ2n) is 6.12. The Balaban J connectivity index is 1.72. The first kappa shape index (κ1) is 18.2. The van der Waals surface area contributed by atoms with Crippen LogP contribution in [0.2, 0.25) is 0 Å². The standard InChI is InChI=1S/C17H19N5O3S2/c1-24-12(23)9-26-17-21-20-15(22(17)8-10-4-3-7-25-10)14-13(18)11-5-2-6-19-16(11)27-14/h2,5-6,10H,3-4,7-9,18H2,1H3. The summed E-state index contributed by atoms with van der Waals surface area (Å²) in [7, 11) is 1.37. The summed E-state index contributed by atoms with van der Waals surface area (Å²) in [5.41, 5.74) is 7.03. The van der Waals surface area contributed by atoms with Gasteiger partial charge in [0.1, 0.15) is 4.83 Å². The molecule has 2 N–H and O–H groups in total. The zero-order chi connectivity index (χ0) is 18.8. The maximum atomic E-state index is 11.5. The Hall–Kier alpha value is -2.17. The number of esters is 1. The van der Waals surface area contributed by atoms with Gasteiger partial charge in [0.15, 0.2) is 11.0 Å². The molecule has 0 aromatic carbocycles. The number of carbonyl (C=O) groups excluding carboxylic acids is 1. The van der Waals surface area contributed by atoms with Crippen molar-refractivity contribution in [1.29, 1.82) is 0 Å². The average Bonchev–Trinajstić information content (AvgIpc) is 3.41. The topological polar surface area (TPSA) is 105 Å². The molecule has 3 aromatic heterocycles. The van der Waals surface area contributed by atoms with Crippen LogP contribution < -0.4 is 5.73 Å². The number of nitrogens with zero attached hydrogens (tertiary/aromatic N) is 4. The minimum Gasteiger partial charge on any atom is -0.468 e. The quantitative estimate of drug-likeness (QED) is 0.493. The summed E-state index contributed by atoms with van der Waals surface area (Å²) in [6.45, 7) is 1.38. The number of nitrogen functional groups attached to an aromatic ring is 1. The third kappa shape index (κ3) is 3.64. The number of pyridine rings is 1. The number of ether oxygens (including phenoxy) is 2. The Bertz CT molecular complexity index is 965. The molecule has 1 saturated heterocycles. The SMILES string of the molecule is COC(=O)CSc1nnc(-c2sc3ncccc3c2N)n1CC1CCCO1. The molecule has 27 heavy (non-hydrogen) atoms. The molecule has 1 aliphatic heterocycles. The van der Waals surface area contributed by atoms with Crippen molar-refractivity contribution >= 4 is 45.0 Å². The van der Waals surface area contributed by atoms with E-state index in [1.54, 1.807) is 6.20 Å². The molecule has 1 atom stereocenters. The van der Waals surface area contributed by atoms with Gasteiger partial charge in [0.2, 0.25) is 0 Å². The van der Waals surface area contributed by atoms with Crippen LogP contribution in [-0.2, 0) is 20.8 Å². The van der Waals surface area contributed by atoms with Gasteiger partial charge in [-0.25, -0.2) is 4.98 Å². The van der Waals surface area contributed by atoms with E-state index >= 15 is 0 Å². The molecule has 4 heterocycles. The van der Waals surface area contributed by atoms with Gasteiger partial charge in [-0.15, -0.1) is 21.5 Å². The van der Waals surface area contributed by atoms with Gasteiger partial charge in [-0.2, -0.15) is 0 Å². The summed E-state index contributed by atoms with van der Waals surface area (Å²) in [6, 6.07) is 3.81. The normalized spacial score (nSPS) is 16.9. The van der Waals surface area contributed by atoms with Crippen molar-refractivity contribution in [3.63, 3.8) is 0 Å². The van der Waals surface area contributed by atoms with E-state index in [-0.39, 0.29) is 17.8 Å². The fourth-order valence-corrected chi connectivity index (χ4v) is 4.86. The summed E-state index contributed by atoms with van der Waals surface area (Å²) in [5.74, 6) is 0.543. The van der Waals surface area contributed by atoms with E-state index in [1.807, 2.05) is 16.7 Å². The lowest BCUT2D eigenvalue weighted by Gasteiger charge is -2.14. The zero-order valence-electron chi connectivity index (χ0n) is 14.8. The van der Waals surface area contributed by atoms with Crippen LogP contribution in [0.4, 0.5) is 5.69 Å². The minimum atomic E-state index is -0.307. The molecule has 1 fully saturated rings. The van der Waals surface area contributed by atoms with Crippen LogP contribution in [0.5, 0.6) is 0 Å². The van der Waals surface area contributed by atoms with E-state index in [1.165, 1.54) is 30.2 Å². The third-order valence-corrected chi connectivity index (χ3v) is 6.45. The van der Waals surface area contributed by atoms with Gasteiger partial charge in [-0.3, -0.25) is 9.36 Å². The predicted molar refractivity (Wildman–Crippen MR) is 105 cm³/mol. The van der Waals surface area contributed by atoms with Crippen molar-refractivity contribution < 1.29 is 14.3 Å². The first-order valence-corrected chi connectivity index (χ1v) is 10.4. The number of thiophene rings is 1. The number of nitrogens with two attached hydrogens (primary N) is 1. The van der Waals surface area contributed by atoms with Gasteiger partial charge in [0.05, 0.1) is 36.1 Å². The van der Waals surface area contributed by atoms with E-state index in [9.17, 15) is 4.79 Å². The number of thioether (sulfide) groups is 1. The number of hydrogen-bond acceptors (Lipinski definition) is 9. The molecule has 8 nitrogen and oxygen atoms in total. The lowest BCUT2D eigenvalue weighted by atomic mass is 10.2. The van der Waals surface area contributed by atoms with Crippen LogP contribution in [0.15, 0.2) is 23.5 Å². The number of methoxy groups -OCH3 is 1. The van der Waals surface area contributed by atoms with Gasteiger partial charge in [0, 0.05) is 18.2 Å². The van der Waals surface area contributed by atoms with E-state index in [4.69, 9.17) is 15.2 Å². The predicted octanol–water partition coefficient (Wildman–Crippen LogP) is 2.58. The van der Waals surface area contributed by atoms with E-state index in [0.717, 1.165) is 34.5 Å². The minimum absolute atomic E-state index is 0.103. The number of rotatable bonds is 6. The van der Waals surface area contributed by atoms with Gasteiger partial charge in [-0.05, 0) is 25.0 Å². The summed E-state index contributed by atoms with van der Waals surface area (Å²) < 4.78 is 12.5. The van der Waals surface area contributed by atoms with Crippen LogP contribution in [0, 0.1) is 0 Å². The molecule has 3 aromatic rings. The molecule has 142 valence electrons. The molecule has 0 bridgehead atoms. The Morgan fingerprint density at radius 1 is 1.52 bits per heavy atom. The molecule has 0 aliphatic carbocycles. The van der Waals surface area contributed by atoms with Gasteiger partial charge in [-0.1, -0.05) is 11.8 Å². The van der Waals surface area contributed by atoms with Gasteiger partial charge in [0.25, 0.3) is 0 Å². The second kappa shape index (κ2) is 7.83. The summed E-state index contributed by atoms with van der Waals surface area (Å²) >= 11 is 2.79. The number of aromatic nitrogens is 4. The molecule has 10 heteroatoms.